The van der Waals surface area contributed by atoms with Gasteiger partial charge in [-0.15, -0.1) is 0 Å². The number of fused-ring (bicyclic) bond motifs is 1. The molecule has 41 heavy (non-hydrogen) atoms. The number of aryl methyl sites for hydroxylation is 1. The third-order valence-corrected chi connectivity index (χ3v) is 9.83. The second-order valence-corrected chi connectivity index (χ2v) is 12.2. The average Bonchev–Trinajstić information content (AvgIpc) is 3.71. The lowest BCUT2D eigenvalue weighted by molar-refractivity contribution is -0.145. The van der Waals surface area contributed by atoms with E-state index in [-0.39, 0.29) is 11.9 Å². The molecule has 3 aromatic rings. The van der Waals surface area contributed by atoms with Crippen LogP contribution in [0.1, 0.15) is 56.1 Å². The molecule has 7 nitrogen and oxygen atoms in total. The van der Waals surface area contributed by atoms with Crippen LogP contribution in [0, 0.1) is 18.8 Å². The minimum atomic E-state index is 0.0134. The van der Waals surface area contributed by atoms with Crippen molar-refractivity contribution >= 4 is 16.9 Å². The molecule has 2 aliphatic heterocycles. The van der Waals surface area contributed by atoms with E-state index in [0.29, 0.717) is 24.5 Å². The molecular weight excluding hydrogens is 514 g/mol. The predicted molar refractivity (Wildman–Crippen MR) is 163 cm³/mol. The number of H-pyrrole nitrogens is 1. The number of rotatable bonds is 9. The van der Waals surface area contributed by atoms with Gasteiger partial charge in [-0.05, 0) is 125 Å². The van der Waals surface area contributed by atoms with E-state index in [1.807, 2.05) is 19.1 Å². The molecule has 1 N–H and O–H groups in total. The molecule has 6 rings (SSSR count). The molecule has 3 heterocycles. The fraction of sp³-hybridized carbons (Fsp3) is 0.559. The van der Waals surface area contributed by atoms with Gasteiger partial charge in [-0.1, -0.05) is 6.07 Å². The number of carbonyl (C=O) groups excluding carboxylic acids is 1. The van der Waals surface area contributed by atoms with E-state index in [1.54, 1.807) is 14.2 Å². The molecule has 7 heteroatoms. The Morgan fingerprint density at radius 2 is 1.71 bits per heavy atom. The van der Waals surface area contributed by atoms with Crippen LogP contribution < -0.4 is 9.47 Å². The summed E-state index contributed by atoms with van der Waals surface area (Å²) in [6.07, 6.45) is 5.95. The Morgan fingerprint density at radius 1 is 0.951 bits per heavy atom. The largest absolute Gasteiger partial charge is 0.493 e. The van der Waals surface area contributed by atoms with Crippen LogP contribution in [0.5, 0.6) is 11.5 Å². The zero-order valence-corrected chi connectivity index (χ0v) is 25.1. The third-order valence-electron chi connectivity index (χ3n) is 9.83. The quantitative estimate of drug-likeness (QED) is 0.324. The van der Waals surface area contributed by atoms with Crippen molar-refractivity contribution in [2.45, 2.75) is 57.9 Å². The summed E-state index contributed by atoms with van der Waals surface area (Å²) in [6.45, 7) is 10.3. The topological polar surface area (TPSA) is 67.0 Å². The van der Waals surface area contributed by atoms with Crippen LogP contribution in [-0.2, 0) is 9.53 Å². The Hall–Kier alpha value is -3.03. The van der Waals surface area contributed by atoms with Crippen molar-refractivity contribution in [1.29, 1.82) is 0 Å². The highest BCUT2D eigenvalue weighted by atomic mass is 16.5. The number of ether oxygens (including phenoxy) is 3. The van der Waals surface area contributed by atoms with Gasteiger partial charge in [0.05, 0.1) is 26.7 Å². The van der Waals surface area contributed by atoms with Crippen LogP contribution in [0.2, 0.25) is 0 Å². The lowest BCUT2D eigenvalue weighted by Crippen LogP contribution is -2.47. The van der Waals surface area contributed by atoms with Gasteiger partial charge in [0.25, 0.3) is 0 Å². The van der Waals surface area contributed by atoms with Crippen LogP contribution in [-0.4, -0.2) is 80.3 Å². The van der Waals surface area contributed by atoms with E-state index in [2.05, 4.69) is 46.0 Å². The van der Waals surface area contributed by atoms with Crippen molar-refractivity contribution < 1.29 is 19.0 Å². The summed E-state index contributed by atoms with van der Waals surface area (Å²) in [5.41, 5.74) is 6.16. The predicted octanol–water partition coefficient (Wildman–Crippen LogP) is 6.00. The summed E-state index contributed by atoms with van der Waals surface area (Å²) in [5, 5.41) is 1.31. The first kappa shape index (κ1) is 28.1. The fourth-order valence-electron chi connectivity index (χ4n) is 7.26. The van der Waals surface area contributed by atoms with Crippen LogP contribution in [0.4, 0.5) is 0 Å². The molecule has 3 fully saturated rings. The molecule has 0 radical (unpaired) electrons. The molecule has 2 aromatic carbocycles. The summed E-state index contributed by atoms with van der Waals surface area (Å²) in [7, 11) is 3.35. The summed E-state index contributed by atoms with van der Waals surface area (Å²) >= 11 is 0. The maximum Gasteiger partial charge on any atom is 0.309 e. The number of nitrogens with zero attached hydrogens (tertiary/aromatic N) is 2. The zero-order valence-electron chi connectivity index (χ0n) is 25.1. The van der Waals surface area contributed by atoms with E-state index in [4.69, 9.17) is 14.2 Å². The van der Waals surface area contributed by atoms with Gasteiger partial charge >= 0.3 is 5.97 Å². The van der Waals surface area contributed by atoms with Gasteiger partial charge in [-0.3, -0.25) is 4.79 Å². The van der Waals surface area contributed by atoms with E-state index in [9.17, 15) is 4.79 Å². The highest BCUT2D eigenvalue weighted by Crippen LogP contribution is 2.41. The van der Waals surface area contributed by atoms with Crippen molar-refractivity contribution in [3.8, 4) is 22.8 Å². The van der Waals surface area contributed by atoms with Crippen molar-refractivity contribution in [2.24, 2.45) is 11.8 Å². The SMILES string of the molecule is CCOC(=O)C1CC1CN1CCC(N2CCC(c3ccc4[nH]c(-c5ccc(OC)c(OC)c5)c(C)c4c3)CC2)CC1. The first-order valence-electron chi connectivity index (χ1n) is 15.5. The molecular formula is C34H45N3O4. The minimum Gasteiger partial charge on any atom is -0.493 e. The maximum absolute atomic E-state index is 12.0. The number of likely N-dealkylation sites (tertiary alicyclic amines) is 2. The molecule has 1 aromatic heterocycles. The lowest BCUT2D eigenvalue weighted by Gasteiger charge is -2.42. The van der Waals surface area contributed by atoms with Crippen LogP contribution in [0.3, 0.4) is 0 Å². The van der Waals surface area contributed by atoms with E-state index < -0.39 is 0 Å². The van der Waals surface area contributed by atoms with Gasteiger partial charge in [-0.25, -0.2) is 0 Å². The smallest absolute Gasteiger partial charge is 0.309 e. The summed E-state index contributed by atoms with van der Waals surface area (Å²) < 4.78 is 16.2. The monoisotopic (exact) mass is 559 g/mol. The zero-order chi connectivity index (χ0) is 28.5. The highest BCUT2D eigenvalue weighted by molar-refractivity contribution is 5.91. The number of hydrogen-bond donors (Lipinski definition) is 1. The van der Waals surface area contributed by atoms with E-state index >= 15 is 0 Å². The number of nitrogens with one attached hydrogen (secondary N) is 1. The highest BCUT2D eigenvalue weighted by Gasteiger charge is 2.45. The molecule has 220 valence electrons. The second kappa shape index (κ2) is 12.1. The normalized spacial score (nSPS) is 22.6. The second-order valence-electron chi connectivity index (χ2n) is 12.2. The molecule has 0 bridgehead atoms. The number of methoxy groups -OCH3 is 2. The molecule has 0 amide bonds. The Balaban J connectivity index is 1.04. The fourth-order valence-corrected chi connectivity index (χ4v) is 7.26. The number of piperidine rings is 2. The lowest BCUT2D eigenvalue weighted by atomic mass is 9.87. The van der Waals surface area contributed by atoms with Crippen molar-refractivity contribution in [3.63, 3.8) is 0 Å². The maximum atomic E-state index is 12.0. The average molecular weight is 560 g/mol. The number of benzene rings is 2. The first-order chi connectivity index (χ1) is 20.0. The van der Waals surface area contributed by atoms with Gasteiger partial charge in [0, 0.05) is 34.7 Å². The first-order valence-corrected chi connectivity index (χ1v) is 15.5. The Kier molecular flexibility index (Phi) is 8.27. The summed E-state index contributed by atoms with van der Waals surface area (Å²) in [5.74, 6) is 2.78. The standard InChI is InChI=1S/C34H45N3O4/c1-5-41-34(38)29-19-26(29)21-36-14-12-27(13-15-36)37-16-10-23(11-17-37)24-6-8-30-28(18-24)22(2)33(35-30)25-7-9-31(39-3)32(20-25)40-4/h6-9,18,20,23,26-27,29,35H,5,10-17,19,21H2,1-4H3. The Bertz CT molecular complexity index is 1370. The summed E-state index contributed by atoms with van der Waals surface area (Å²) in [6, 6.07) is 13.8. The number of esters is 1. The number of aromatic amines is 1. The molecule has 1 aliphatic carbocycles. The Morgan fingerprint density at radius 3 is 2.41 bits per heavy atom. The molecule has 3 aliphatic rings. The molecule has 1 saturated carbocycles. The molecule has 0 spiro atoms. The van der Waals surface area contributed by atoms with E-state index in [0.717, 1.165) is 48.8 Å². The van der Waals surface area contributed by atoms with Crippen molar-refractivity contribution in [1.82, 2.24) is 14.8 Å². The molecule has 2 unspecified atom stereocenters. The minimum absolute atomic E-state index is 0.0134. The number of carbonyl (C=O) groups is 1. The van der Waals surface area contributed by atoms with Crippen LogP contribution >= 0.6 is 0 Å². The van der Waals surface area contributed by atoms with Gasteiger partial charge in [0.1, 0.15) is 0 Å². The number of aromatic nitrogens is 1. The van der Waals surface area contributed by atoms with Gasteiger partial charge in [0.15, 0.2) is 11.5 Å². The number of hydrogen-bond acceptors (Lipinski definition) is 6. The van der Waals surface area contributed by atoms with E-state index in [1.165, 1.54) is 60.8 Å². The third kappa shape index (κ3) is 5.84. The van der Waals surface area contributed by atoms with Crippen LogP contribution in [0.25, 0.3) is 22.2 Å². The van der Waals surface area contributed by atoms with Gasteiger partial charge in [-0.2, -0.15) is 0 Å². The Labute approximate surface area is 244 Å². The van der Waals surface area contributed by atoms with Crippen molar-refractivity contribution in [2.75, 3.05) is 53.6 Å². The molecule has 2 saturated heterocycles. The molecule has 2 atom stereocenters. The van der Waals surface area contributed by atoms with Gasteiger partial charge in [0.2, 0.25) is 0 Å². The van der Waals surface area contributed by atoms with Crippen LogP contribution in [0.15, 0.2) is 36.4 Å². The van der Waals surface area contributed by atoms with Gasteiger partial charge < -0.3 is 29.0 Å². The summed E-state index contributed by atoms with van der Waals surface area (Å²) in [4.78, 5) is 21.0. The van der Waals surface area contributed by atoms with Crippen molar-refractivity contribution in [3.05, 3.63) is 47.5 Å².